The molecule has 0 fully saturated rings. The number of rotatable bonds is 4. The Bertz CT molecular complexity index is 594. The van der Waals surface area contributed by atoms with Crippen LogP contribution >= 0.6 is 11.3 Å². The molecule has 2 heterocycles. The monoisotopic (exact) mass is 289 g/mol. The van der Waals surface area contributed by atoms with Crippen molar-refractivity contribution >= 4 is 17.2 Å². The molecule has 1 atom stereocenters. The van der Waals surface area contributed by atoms with Gasteiger partial charge in [0.15, 0.2) is 0 Å². The minimum Gasteiger partial charge on any atom is -0.337 e. The summed E-state index contributed by atoms with van der Waals surface area (Å²) in [6.45, 7) is 5.91. The van der Waals surface area contributed by atoms with Gasteiger partial charge in [-0.05, 0) is 32.9 Å². The zero-order chi connectivity index (χ0) is 14.7. The highest BCUT2D eigenvalue weighted by atomic mass is 32.1. The van der Waals surface area contributed by atoms with Gasteiger partial charge < -0.3 is 4.90 Å². The molecule has 0 radical (unpaired) electrons. The Balaban J connectivity index is 2.07. The molecule has 1 amide bonds. The van der Waals surface area contributed by atoms with Gasteiger partial charge in [0.2, 0.25) is 5.91 Å². The average Bonchev–Trinajstić information content (AvgIpc) is 2.76. The quantitative estimate of drug-likeness (QED) is 0.869. The lowest BCUT2D eigenvalue weighted by Crippen LogP contribution is -2.31. The van der Waals surface area contributed by atoms with Gasteiger partial charge in [0.25, 0.3) is 0 Å². The summed E-state index contributed by atoms with van der Waals surface area (Å²) in [5, 5.41) is 1.01. The van der Waals surface area contributed by atoms with E-state index in [-0.39, 0.29) is 11.9 Å². The summed E-state index contributed by atoms with van der Waals surface area (Å²) in [5.74, 6) is 0.0925. The van der Waals surface area contributed by atoms with E-state index >= 15 is 0 Å². The normalized spacial score (nSPS) is 12.2. The van der Waals surface area contributed by atoms with Gasteiger partial charge in [-0.3, -0.25) is 9.78 Å². The number of amides is 1. The molecule has 0 saturated carbocycles. The van der Waals surface area contributed by atoms with Crippen LogP contribution in [-0.2, 0) is 11.2 Å². The van der Waals surface area contributed by atoms with Crippen molar-refractivity contribution in [1.29, 1.82) is 0 Å². The Morgan fingerprint density at radius 2 is 2.15 bits per heavy atom. The third kappa shape index (κ3) is 3.22. The molecule has 0 aliphatic heterocycles. The van der Waals surface area contributed by atoms with Gasteiger partial charge >= 0.3 is 0 Å². The number of hydrogen-bond donors (Lipinski definition) is 0. The number of thiazole rings is 1. The third-order valence-corrected chi connectivity index (χ3v) is 4.47. The second-order valence-electron chi connectivity index (χ2n) is 4.85. The minimum atomic E-state index is -0.0296. The maximum atomic E-state index is 12.4. The largest absolute Gasteiger partial charge is 0.337 e. The first-order valence-corrected chi connectivity index (χ1v) is 7.40. The van der Waals surface area contributed by atoms with E-state index in [9.17, 15) is 4.79 Å². The molecule has 2 aromatic heterocycles. The molecule has 0 bridgehead atoms. The molecule has 0 aliphatic carbocycles. The van der Waals surface area contributed by atoms with Crippen LogP contribution in [0.3, 0.4) is 0 Å². The van der Waals surface area contributed by atoms with Crippen molar-refractivity contribution in [2.45, 2.75) is 33.2 Å². The van der Waals surface area contributed by atoms with Gasteiger partial charge in [0.05, 0.1) is 28.9 Å². The van der Waals surface area contributed by atoms with Crippen LogP contribution in [0.5, 0.6) is 0 Å². The molecule has 0 N–H and O–H groups in total. The van der Waals surface area contributed by atoms with E-state index in [4.69, 9.17) is 0 Å². The zero-order valence-electron chi connectivity index (χ0n) is 12.3. The number of likely N-dealkylation sites (N-methyl/N-ethyl adjacent to an activating group) is 1. The van der Waals surface area contributed by atoms with Gasteiger partial charge in [-0.2, -0.15) is 0 Å². The number of nitrogens with zero attached hydrogens (tertiary/aromatic N) is 3. The van der Waals surface area contributed by atoms with E-state index in [1.54, 1.807) is 22.4 Å². The molecule has 1 unspecified atom stereocenters. The summed E-state index contributed by atoms with van der Waals surface area (Å²) in [7, 11) is 1.82. The summed E-state index contributed by atoms with van der Waals surface area (Å²) in [5.41, 5.74) is 1.86. The lowest BCUT2D eigenvalue weighted by Gasteiger charge is -2.24. The van der Waals surface area contributed by atoms with Crippen molar-refractivity contribution in [2.24, 2.45) is 0 Å². The molecule has 20 heavy (non-hydrogen) atoms. The van der Waals surface area contributed by atoms with Gasteiger partial charge in [0, 0.05) is 18.1 Å². The standard InChI is InChI=1S/C15H19N3OS/c1-10-14(20-12(3)17-10)9-15(19)18(4)11(2)13-7-5-6-8-16-13/h5-8,11H,9H2,1-4H3. The van der Waals surface area contributed by atoms with Gasteiger partial charge in [-0.25, -0.2) is 4.98 Å². The lowest BCUT2D eigenvalue weighted by atomic mass is 10.1. The van der Waals surface area contributed by atoms with Gasteiger partial charge in [-0.1, -0.05) is 6.07 Å². The second kappa shape index (κ2) is 6.13. The molecule has 0 saturated heterocycles. The van der Waals surface area contributed by atoms with E-state index in [0.29, 0.717) is 6.42 Å². The number of pyridine rings is 1. The van der Waals surface area contributed by atoms with Crippen molar-refractivity contribution in [3.63, 3.8) is 0 Å². The summed E-state index contributed by atoms with van der Waals surface area (Å²) in [6.07, 6.45) is 2.16. The average molecular weight is 289 g/mol. The molecule has 2 rings (SSSR count). The summed E-state index contributed by atoms with van der Waals surface area (Å²) in [4.78, 5) is 23.8. The van der Waals surface area contributed by atoms with Crippen molar-refractivity contribution in [1.82, 2.24) is 14.9 Å². The van der Waals surface area contributed by atoms with Crippen LogP contribution in [0.2, 0.25) is 0 Å². The molecular formula is C15H19N3OS. The summed E-state index contributed by atoms with van der Waals surface area (Å²) in [6, 6.07) is 5.73. The van der Waals surface area contributed by atoms with Gasteiger partial charge in [0.1, 0.15) is 0 Å². The van der Waals surface area contributed by atoms with Crippen LogP contribution in [0, 0.1) is 13.8 Å². The Morgan fingerprint density at radius 3 is 2.70 bits per heavy atom. The SMILES string of the molecule is Cc1nc(C)c(CC(=O)N(C)C(C)c2ccccn2)s1. The van der Waals surface area contributed by atoms with E-state index in [0.717, 1.165) is 21.3 Å². The molecule has 5 heteroatoms. The Kier molecular flexibility index (Phi) is 4.49. The van der Waals surface area contributed by atoms with E-state index in [1.807, 2.05) is 46.0 Å². The van der Waals surface area contributed by atoms with E-state index in [1.165, 1.54) is 0 Å². The molecule has 0 aliphatic rings. The van der Waals surface area contributed by atoms with Crippen molar-refractivity contribution in [2.75, 3.05) is 7.05 Å². The number of aryl methyl sites for hydroxylation is 2. The van der Waals surface area contributed by atoms with Crippen molar-refractivity contribution in [3.8, 4) is 0 Å². The van der Waals surface area contributed by atoms with Crippen molar-refractivity contribution in [3.05, 3.63) is 45.7 Å². The number of carbonyl (C=O) groups is 1. The van der Waals surface area contributed by atoms with Crippen LogP contribution < -0.4 is 0 Å². The van der Waals surface area contributed by atoms with Crippen LogP contribution in [0.25, 0.3) is 0 Å². The Labute approximate surface area is 123 Å². The highest BCUT2D eigenvalue weighted by molar-refractivity contribution is 7.11. The second-order valence-corrected chi connectivity index (χ2v) is 6.14. The maximum Gasteiger partial charge on any atom is 0.228 e. The number of carbonyl (C=O) groups excluding carboxylic acids is 1. The van der Waals surface area contributed by atoms with E-state index in [2.05, 4.69) is 9.97 Å². The fraction of sp³-hybridized carbons (Fsp3) is 0.400. The number of aromatic nitrogens is 2. The molecular weight excluding hydrogens is 270 g/mol. The Hall–Kier alpha value is -1.75. The van der Waals surface area contributed by atoms with Crippen LogP contribution in [0.1, 0.15) is 34.2 Å². The van der Waals surface area contributed by atoms with Crippen molar-refractivity contribution < 1.29 is 4.79 Å². The fourth-order valence-electron chi connectivity index (χ4n) is 2.04. The third-order valence-electron chi connectivity index (χ3n) is 3.40. The molecule has 0 spiro atoms. The van der Waals surface area contributed by atoms with Crippen LogP contribution in [0.15, 0.2) is 24.4 Å². The maximum absolute atomic E-state index is 12.4. The predicted octanol–water partition coefficient (Wildman–Crippen LogP) is 2.92. The highest BCUT2D eigenvalue weighted by Gasteiger charge is 2.20. The lowest BCUT2D eigenvalue weighted by molar-refractivity contribution is -0.131. The fourth-order valence-corrected chi connectivity index (χ4v) is 2.97. The number of hydrogen-bond acceptors (Lipinski definition) is 4. The van der Waals surface area contributed by atoms with Crippen LogP contribution in [-0.4, -0.2) is 27.8 Å². The smallest absolute Gasteiger partial charge is 0.228 e. The van der Waals surface area contributed by atoms with E-state index < -0.39 is 0 Å². The summed E-state index contributed by atoms with van der Waals surface area (Å²) < 4.78 is 0. The first-order valence-electron chi connectivity index (χ1n) is 6.58. The zero-order valence-corrected chi connectivity index (χ0v) is 13.1. The Morgan fingerprint density at radius 1 is 1.40 bits per heavy atom. The molecule has 4 nitrogen and oxygen atoms in total. The summed E-state index contributed by atoms with van der Waals surface area (Å²) >= 11 is 1.59. The molecule has 2 aromatic rings. The first kappa shape index (κ1) is 14.7. The molecule has 106 valence electrons. The predicted molar refractivity (Wildman–Crippen MR) is 80.7 cm³/mol. The van der Waals surface area contributed by atoms with Gasteiger partial charge in [-0.15, -0.1) is 11.3 Å². The van der Waals surface area contributed by atoms with Crippen LogP contribution in [0.4, 0.5) is 0 Å². The topological polar surface area (TPSA) is 46.1 Å². The molecule has 0 aromatic carbocycles. The first-order chi connectivity index (χ1) is 9.49. The highest BCUT2D eigenvalue weighted by Crippen LogP contribution is 2.21. The minimum absolute atomic E-state index is 0.0296.